The van der Waals surface area contributed by atoms with Gasteiger partial charge in [-0.1, -0.05) is 12.2 Å². The molecule has 0 spiro atoms. The van der Waals surface area contributed by atoms with Crippen molar-refractivity contribution in [2.75, 3.05) is 10.2 Å². The molecular weight excluding hydrogens is 422 g/mol. The van der Waals surface area contributed by atoms with Gasteiger partial charge in [-0.3, -0.25) is 19.3 Å². The first-order valence-corrected chi connectivity index (χ1v) is 11.9. The number of benzene rings is 1. The Bertz CT molecular complexity index is 1210. The number of thiophene rings is 1. The van der Waals surface area contributed by atoms with Crippen LogP contribution in [-0.4, -0.2) is 17.7 Å². The van der Waals surface area contributed by atoms with Gasteiger partial charge in [0.15, 0.2) is 0 Å². The molecule has 1 saturated heterocycles. The number of nitrogens with zero attached hydrogens (tertiary/aromatic N) is 2. The fourth-order valence-corrected chi connectivity index (χ4v) is 7.10. The van der Waals surface area contributed by atoms with Crippen molar-refractivity contribution in [3.63, 3.8) is 0 Å². The highest BCUT2D eigenvalue weighted by Gasteiger charge is 2.59. The van der Waals surface area contributed by atoms with Gasteiger partial charge in [-0.15, -0.1) is 11.3 Å². The minimum atomic E-state index is -0.301. The maximum absolute atomic E-state index is 13.0. The lowest BCUT2D eigenvalue weighted by atomic mass is 9.85. The number of aryl methyl sites for hydroxylation is 1. The molecule has 2 bridgehead atoms. The predicted octanol–water partition coefficient (Wildman–Crippen LogP) is 4.06. The van der Waals surface area contributed by atoms with E-state index in [0.29, 0.717) is 21.8 Å². The second kappa shape index (κ2) is 7.14. The van der Waals surface area contributed by atoms with Crippen molar-refractivity contribution < 1.29 is 14.4 Å². The molecule has 6 nitrogen and oxygen atoms in total. The molecule has 160 valence electrons. The maximum atomic E-state index is 13.0. The van der Waals surface area contributed by atoms with Gasteiger partial charge in [0.1, 0.15) is 11.1 Å². The van der Waals surface area contributed by atoms with Crippen molar-refractivity contribution in [2.24, 2.45) is 23.7 Å². The van der Waals surface area contributed by atoms with E-state index in [1.165, 1.54) is 21.1 Å². The molecule has 2 aromatic rings. The zero-order valence-electron chi connectivity index (χ0n) is 17.3. The highest BCUT2D eigenvalue weighted by molar-refractivity contribution is 7.16. The second-order valence-electron chi connectivity index (χ2n) is 9.04. The number of rotatable bonds is 3. The maximum Gasteiger partial charge on any atom is 0.256 e. The highest BCUT2D eigenvalue weighted by atomic mass is 32.1. The SMILES string of the molecule is N#Cc1c(NC(=O)c2ccc(N3C(=O)[C@@H]4[C@H](C3=O)[C@H]3C=C[C@@H]4C3)cc2)sc2c1CCCC2. The summed E-state index contributed by atoms with van der Waals surface area (Å²) in [7, 11) is 0. The number of imide groups is 1. The number of fused-ring (bicyclic) bond motifs is 6. The first-order valence-electron chi connectivity index (χ1n) is 11.1. The van der Waals surface area contributed by atoms with Crippen molar-refractivity contribution in [1.29, 1.82) is 5.26 Å². The van der Waals surface area contributed by atoms with Crippen molar-refractivity contribution in [3.05, 3.63) is 58.0 Å². The van der Waals surface area contributed by atoms with Crippen molar-refractivity contribution in [2.45, 2.75) is 32.1 Å². The van der Waals surface area contributed by atoms with Crippen LogP contribution in [0.2, 0.25) is 0 Å². The molecule has 1 aliphatic heterocycles. The number of hydrogen-bond acceptors (Lipinski definition) is 5. The highest BCUT2D eigenvalue weighted by Crippen LogP contribution is 2.53. The molecule has 4 aliphatic rings. The summed E-state index contributed by atoms with van der Waals surface area (Å²) in [5, 5.41) is 13.1. The van der Waals surface area contributed by atoms with E-state index in [9.17, 15) is 19.6 Å². The Kier molecular flexibility index (Phi) is 4.34. The Hall–Kier alpha value is -3.24. The van der Waals surface area contributed by atoms with Gasteiger partial charge in [-0.05, 0) is 73.8 Å². The first kappa shape index (κ1) is 19.4. The van der Waals surface area contributed by atoms with Crippen molar-refractivity contribution >= 4 is 39.7 Å². The summed E-state index contributed by atoms with van der Waals surface area (Å²) in [6, 6.07) is 8.84. The van der Waals surface area contributed by atoms with E-state index in [-0.39, 0.29) is 41.4 Å². The quantitative estimate of drug-likeness (QED) is 0.572. The Morgan fingerprint density at radius 3 is 2.34 bits per heavy atom. The van der Waals surface area contributed by atoms with Crippen molar-refractivity contribution in [1.82, 2.24) is 0 Å². The lowest BCUT2D eigenvalue weighted by Gasteiger charge is -2.17. The Morgan fingerprint density at radius 2 is 1.69 bits per heavy atom. The molecule has 1 aromatic heterocycles. The first-order chi connectivity index (χ1) is 15.6. The van der Waals surface area contributed by atoms with Crippen LogP contribution in [0.1, 0.15) is 45.6 Å². The van der Waals surface area contributed by atoms with E-state index in [0.717, 1.165) is 37.7 Å². The zero-order valence-corrected chi connectivity index (χ0v) is 18.2. The van der Waals surface area contributed by atoms with E-state index >= 15 is 0 Å². The zero-order chi connectivity index (χ0) is 22.0. The minimum Gasteiger partial charge on any atom is -0.312 e. The summed E-state index contributed by atoms with van der Waals surface area (Å²) in [5.74, 6) is -0.701. The van der Waals surface area contributed by atoms with Gasteiger partial charge in [-0.25, -0.2) is 0 Å². The van der Waals surface area contributed by atoms with Crippen LogP contribution in [0.5, 0.6) is 0 Å². The van der Waals surface area contributed by atoms with E-state index in [2.05, 4.69) is 23.5 Å². The number of carbonyl (C=O) groups excluding carboxylic acids is 3. The number of hydrogen-bond donors (Lipinski definition) is 1. The summed E-state index contributed by atoms with van der Waals surface area (Å²) in [4.78, 5) is 41.3. The van der Waals surface area contributed by atoms with Crippen LogP contribution >= 0.6 is 11.3 Å². The number of nitrogens with one attached hydrogen (secondary N) is 1. The summed E-state index contributed by atoms with van der Waals surface area (Å²) in [6.07, 6.45) is 9.07. The molecule has 2 heterocycles. The van der Waals surface area contributed by atoms with Crippen LogP contribution in [0.3, 0.4) is 0 Å². The molecule has 7 heteroatoms. The number of amides is 3. The molecule has 6 rings (SSSR count). The van der Waals surface area contributed by atoms with E-state index in [1.54, 1.807) is 24.3 Å². The molecule has 2 fully saturated rings. The van der Waals surface area contributed by atoms with Gasteiger partial charge in [-0.2, -0.15) is 5.26 Å². The van der Waals surface area contributed by atoms with Gasteiger partial charge < -0.3 is 5.32 Å². The van der Waals surface area contributed by atoms with Gasteiger partial charge in [0.2, 0.25) is 11.8 Å². The minimum absolute atomic E-state index is 0.128. The van der Waals surface area contributed by atoms with Gasteiger partial charge in [0.05, 0.1) is 23.1 Å². The van der Waals surface area contributed by atoms with E-state index in [1.807, 2.05) is 0 Å². The number of nitriles is 1. The second-order valence-corrected chi connectivity index (χ2v) is 10.1. The standard InChI is InChI=1S/C25H21N3O3S/c26-12-18-17-3-1-2-4-19(17)32-23(18)27-22(29)13-7-9-16(10-8-13)28-24(30)20-14-5-6-15(11-14)21(20)25(28)31/h5-10,14-15,20-21H,1-4,11H2,(H,27,29)/t14-,15+,20+,21-. The summed E-state index contributed by atoms with van der Waals surface area (Å²) in [5.41, 5.74) is 2.59. The van der Waals surface area contributed by atoms with Crippen LogP contribution < -0.4 is 10.2 Å². The van der Waals surface area contributed by atoms with E-state index in [4.69, 9.17) is 0 Å². The molecule has 1 N–H and O–H groups in total. The Morgan fingerprint density at radius 1 is 1.03 bits per heavy atom. The fourth-order valence-electron chi connectivity index (χ4n) is 5.87. The van der Waals surface area contributed by atoms with E-state index < -0.39 is 0 Å². The molecule has 3 amide bonds. The van der Waals surface area contributed by atoms with Crippen LogP contribution in [-0.2, 0) is 22.4 Å². The average molecular weight is 444 g/mol. The van der Waals surface area contributed by atoms with Gasteiger partial charge in [0, 0.05) is 10.4 Å². The fraction of sp³-hybridized carbons (Fsp3) is 0.360. The summed E-state index contributed by atoms with van der Waals surface area (Å²) in [6.45, 7) is 0. The molecule has 0 unspecified atom stereocenters. The Labute approximate surface area is 189 Å². The molecule has 4 atom stereocenters. The van der Waals surface area contributed by atoms with Crippen LogP contribution in [0.25, 0.3) is 0 Å². The molecular formula is C25H21N3O3S. The lowest BCUT2D eigenvalue weighted by Crippen LogP contribution is -2.32. The number of anilines is 2. The number of carbonyl (C=O) groups is 3. The molecule has 32 heavy (non-hydrogen) atoms. The topological polar surface area (TPSA) is 90.3 Å². The third-order valence-electron chi connectivity index (χ3n) is 7.37. The molecule has 1 saturated carbocycles. The third kappa shape index (κ3) is 2.72. The van der Waals surface area contributed by atoms with Crippen LogP contribution in [0.15, 0.2) is 36.4 Å². The monoisotopic (exact) mass is 443 g/mol. The normalized spacial score (nSPS) is 27.4. The summed E-state index contributed by atoms with van der Waals surface area (Å²) >= 11 is 1.49. The van der Waals surface area contributed by atoms with Crippen LogP contribution in [0.4, 0.5) is 10.7 Å². The lowest BCUT2D eigenvalue weighted by molar-refractivity contribution is -0.123. The van der Waals surface area contributed by atoms with Crippen molar-refractivity contribution in [3.8, 4) is 6.07 Å². The average Bonchev–Trinajstić information content (AvgIpc) is 3.55. The predicted molar refractivity (Wildman–Crippen MR) is 120 cm³/mol. The smallest absolute Gasteiger partial charge is 0.256 e. The largest absolute Gasteiger partial charge is 0.312 e. The molecule has 1 aromatic carbocycles. The Balaban J connectivity index is 1.22. The third-order valence-corrected chi connectivity index (χ3v) is 8.58. The van der Waals surface area contributed by atoms with Gasteiger partial charge >= 0.3 is 0 Å². The summed E-state index contributed by atoms with van der Waals surface area (Å²) < 4.78 is 0. The number of allylic oxidation sites excluding steroid dienone is 2. The van der Waals surface area contributed by atoms with Gasteiger partial charge in [0.25, 0.3) is 5.91 Å². The van der Waals surface area contributed by atoms with Crippen LogP contribution in [0, 0.1) is 35.0 Å². The molecule has 0 radical (unpaired) electrons. The molecule has 3 aliphatic carbocycles.